The van der Waals surface area contributed by atoms with E-state index in [1.807, 2.05) is 12.1 Å². The zero-order valence-corrected chi connectivity index (χ0v) is 21.5. The van der Waals surface area contributed by atoms with Crippen LogP contribution in [0.2, 0.25) is 0 Å². The topological polar surface area (TPSA) is 9.23 Å². The van der Waals surface area contributed by atoms with Gasteiger partial charge in [-0.2, -0.15) is 0 Å². The molecule has 0 radical (unpaired) electrons. The summed E-state index contributed by atoms with van der Waals surface area (Å²) in [6.45, 7) is 6.25. The normalized spacial score (nSPS) is 21.7. The summed E-state index contributed by atoms with van der Waals surface area (Å²) in [7, 11) is 0. The highest BCUT2D eigenvalue weighted by Crippen LogP contribution is 2.60. The first-order valence-corrected chi connectivity index (χ1v) is 13.4. The average Bonchev–Trinajstić information content (AvgIpc) is 3.29. The Morgan fingerprint density at radius 2 is 1.19 bits per heavy atom. The highest BCUT2D eigenvalue weighted by atomic mass is 19.4. The van der Waals surface area contributed by atoms with Crippen LogP contribution in [0.1, 0.15) is 88.0 Å². The fourth-order valence-electron chi connectivity index (χ4n) is 7.13. The summed E-state index contributed by atoms with van der Waals surface area (Å²) in [5.41, 5.74) is 9.44. The Kier molecular flexibility index (Phi) is 6.53. The van der Waals surface area contributed by atoms with Crippen LogP contribution in [0, 0.1) is 0 Å². The number of halogens is 3. The van der Waals surface area contributed by atoms with Crippen molar-refractivity contribution >= 4 is 0 Å². The molecule has 0 N–H and O–H groups in total. The second-order valence-electron chi connectivity index (χ2n) is 10.5. The van der Waals surface area contributed by atoms with Crippen molar-refractivity contribution in [3.05, 3.63) is 82.9 Å². The fraction of sp³-hybridized carbons (Fsp3) is 0.438. The molecule has 2 atom stereocenters. The first-order valence-electron chi connectivity index (χ1n) is 13.4. The Balaban J connectivity index is 1.73. The van der Waals surface area contributed by atoms with E-state index < -0.39 is 11.8 Å². The minimum absolute atomic E-state index is 0.0163. The van der Waals surface area contributed by atoms with Gasteiger partial charge in [0.05, 0.1) is 6.61 Å². The summed E-state index contributed by atoms with van der Waals surface area (Å²) in [6.07, 6.45) is 2.00. The van der Waals surface area contributed by atoms with E-state index >= 15 is 0 Å². The third-order valence-electron chi connectivity index (χ3n) is 8.69. The number of hydrogen-bond acceptors (Lipinski definition) is 1. The minimum atomic E-state index is -4.62. The Morgan fingerprint density at radius 3 is 1.72 bits per heavy atom. The second kappa shape index (κ2) is 9.37. The van der Waals surface area contributed by atoms with Gasteiger partial charge in [0.15, 0.2) is 0 Å². The lowest BCUT2D eigenvalue weighted by Gasteiger charge is -2.33. The standard InChI is InChI=1S/C32H35F3O/c1-4-7-17-31(16-5-2)27-15-11-9-13-23(27)25-20-28-24(21-29(25)31)22-12-8-10-14-26(22)30(28,6-3)18-19-36-32(33,34)35/h8-15,20-21H,4-7,16-19H2,1-3H3. The summed E-state index contributed by atoms with van der Waals surface area (Å²) in [5.74, 6) is 0. The maximum absolute atomic E-state index is 12.9. The van der Waals surface area contributed by atoms with Gasteiger partial charge in [-0.25, -0.2) is 0 Å². The molecular weight excluding hydrogens is 457 g/mol. The van der Waals surface area contributed by atoms with Crippen LogP contribution in [0.5, 0.6) is 0 Å². The lowest BCUT2D eigenvalue weighted by molar-refractivity contribution is -0.325. The molecule has 0 saturated carbocycles. The number of ether oxygens (including phenoxy) is 1. The van der Waals surface area contributed by atoms with Crippen molar-refractivity contribution in [3.63, 3.8) is 0 Å². The van der Waals surface area contributed by atoms with E-state index in [1.54, 1.807) is 0 Å². The van der Waals surface area contributed by atoms with Crippen LogP contribution in [0.4, 0.5) is 13.2 Å². The van der Waals surface area contributed by atoms with Crippen molar-refractivity contribution in [2.24, 2.45) is 0 Å². The molecule has 0 amide bonds. The van der Waals surface area contributed by atoms with Crippen LogP contribution in [-0.2, 0) is 15.6 Å². The number of hydrogen-bond donors (Lipinski definition) is 0. The SMILES string of the molecule is CCCCC1(CCC)c2ccccc2-c2cc3c(cc21)-c1ccccc1C3(CC)CCOC(F)(F)F. The maximum Gasteiger partial charge on any atom is 0.522 e. The predicted molar refractivity (Wildman–Crippen MR) is 140 cm³/mol. The smallest absolute Gasteiger partial charge is 0.292 e. The van der Waals surface area contributed by atoms with Crippen LogP contribution in [0.25, 0.3) is 22.3 Å². The highest BCUT2D eigenvalue weighted by molar-refractivity contribution is 5.89. The lowest BCUT2D eigenvalue weighted by Crippen LogP contribution is -2.28. The summed E-state index contributed by atoms with van der Waals surface area (Å²) >= 11 is 0. The van der Waals surface area contributed by atoms with Crippen LogP contribution < -0.4 is 0 Å². The molecule has 0 fully saturated rings. The molecular formula is C32H35F3O. The zero-order chi connectivity index (χ0) is 25.6. The van der Waals surface area contributed by atoms with Crippen molar-refractivity contribution in [1.82, 2.24) is 0 Å². The van der Waals surface area contributed by atoms with Crippen LogP contribution in [-0.4, -0.2) is 13.0 Å². The largest absolute Gasteiger partial charge is 0.522 e. The number of alkyl halides is 3. The van der Waals surface area contributed by atoms with E-state index in [1.165, 1.54) is 27.8 Å². The van der Waals surface area contributed by atoms with E-state index in [9.17, 15) is 13.2 Å². The molecule has 2 unspecified atom stereocenters. The Hall–Kier alpha value is -2.59. The fourth-order valence-corrected chi connectivity index (χ4v) is 7.13. The van der Waals surface area contributed by atoms with Gasteiger partial charge in [-0.05, 0) is 82.3 Å². The molecule has 2 aliphatic rings. The Morgan fingerprint density at radius 1 is 0.639 bits per heavy atom. The quantitative estimate of drug-likeness (QED) is 0.289. The van der Waals surface area contributed by atoms with Gasteiger partial charge in [0, 0.05) is 10.8 Å². The molecule has 5 rings (SSSR count). The van der Waals surface area contributed by atoms with Crippen LogP contribution in [0.3, 0.4) is 0 Å². The molecule has 0 heterocycles. The van der Waals surface area contributed by atoms with Gasteiger partial charge in [-0.1, -0.05) is 88.6 Å². The van der Waals surface area contributed by atoms with Crippen LogP contribution >= 0.6 is 0 Å². The molecule has 0 bridgehead atoms. The summed E-state index contributed by atoms with van der Waals surface area (Å²) in [4.78, 5) is 0. The van der Waals surface area contributed by atoms with Crippen LogP contribution in [0.15, 0.2) is 60.7 Å². The molecule has 3 aromatic rings. The van der Waals surface area contributed by atoms with Crippen molar-refractivity contribution < 1.29 is 17.9 Å². The summed E-state index contributed by atoms with van der Waals surface area (Å²) in [6, 6.07) is 21.8. The van der Waals surface area contributed by atoms with Gasteiger partial charge in [0.25, 0.3) is 0 Å². The molecule has 190 valence electrons. The van der Waals surface area contributed by atoms with E-state index in [0.717, 1.165) is 48.8 Å². The zero-order valence-electron chi connectivity index (χ0n) is 21.5. The van der Waals surface area contributed by atoms with Crippen molar-refractivity contribution in [2.75, 3.05) is 6.61 Å². The molecule has 0 aliphatic heterocycles. The van der Waals surface area contributed by atoms with Gasteiger partial charge >= 0.3 is 6.36 Å². The maximum atomic E-state index is 12.9. The number of benzene rings is 3. The van der Waals surface area contributed by atoms with Gasteiger partial charge in [0.2, 0.25) is 0 Å². The molecule has 2 aliphatic carbocycles. The first kappa shape index (κ1) is 25.1. The number of unbranched alkanes of at least 4 members (excludes halogenated alkanes) is 1. The third-order valence-corrected chi connectivity index (χ3v) is 8.69. The second-order valence-corrected chi connectivity index (χ2v) is 10.5. The van der Waals surface area contributed by atoms with E-state index in [2.05, 4.69) is 74.0 Å². The predicted octanol–water partition coefficient (Wildman–Crippen LogP) is 9.55. The minimum Gasteiger partial charge on any atom is -0.292 e. The molecule has 4 heteroatoms. The van der Waals surface area contributed by atoms with Gasteiger partial charge in [-0.15, -0.1) is 13.2 Å². The Bertz CT molecular complexity index is 1260. The van der Waals surface area contributed by atoms with Crippen molar-refractivity contribution in [1.29, 1.82) is 0 Å². The van der Waals surface area contributed by atoms with Crippen molar-refractivity contribution in [2.45, 2.75) is 82.9 Å². The monoisotopic (exact) mass is 492 g/mol. The van der Waals surface area contributed by atoms with E-state index in [0.29, 0.717) is 12.8 Å². The van der Waals surface area contributed by atoms with Gasteiger partial charge in [0.1, 0.15) is 0 Å². The van der Waals surface area contributed by atoms with E-state index in [4.69, 9.17) is 0 Å². The molecule has 0 spiro atoms. The summed E-state index contributed by atoms with van der Waals surface area (Å²) in [5, 5.41) is 0. The first-order chi connectivity index (χ1) is 17.3. The number of fused-ring (bicyclic) bond motifs is 6. The number of rotatable bonds is 9. The average molecular weight is 493 g/mol. The Labute approximate surface area is 212 Å². The van der Waals surface area contributed by atoms with E-state index in [-0.39, 0.29) is 12.0 Å². The van der Waals surface area contributed by atoms with Gasteiger partial charge < -0.3 is 0 Å². The molecule has 3 aromatic carbocycles. The molecule has 0 saturated heterocycles. The summed E-state index contributed by atoms with van der Waals surface area (Å²) < 4.78 is 43.1. The molecule has 36 heavy (non-hydrogen) atoms. The van der Waals surface area contributed by atoms with Gasteiger partial charge in [-0.3, -0.25) is 4.74 Å². The third kappa shape index (κ3) is 3.80. The highest BCUT2D eigenvalue weighted by Gasteiger charge is 2.47. The van der Waals surface area contributed by atoms with Crippen molar-refractivity contribution in [3.8, 4) is 22.3 Å². The molecule has 1 nitrogen and oxygen atoms in total. The lowest BCUT2D eigenvalue weighted by atomic mass is 9.70. The molecule has 0 aromatic heterocycles.